The van der Waals surface area contributed by atoms with Crippen LogP contribution >= 0.6 is 0 Å². The molecule has 2 aromatic rings. The molecule has 3 rings (SSSR count). The molecule has 5 heteroatoms. The molecule has 0 unspecified atom stereocenters. The standard InChI is InChI=1S/C21H27N3O2/c1-15-14-20(24-21(22-15)18-10-12-26-13-11-18)23-19-8-6-17(7-9-19)5-3-4-16(2)25/h6-9,14,18H,3-5,10-13H2,1-2H3,(H,22,23,24). The third-order valence-corrected chi connectivity index (χ3v) is 4.68. The van der Waals surface area contributed by atoms with Gasteiger partial charge >= 0.3 is 0 Å². The molecule has 0 saturated carbocycles. The maximum absolute atomic E-state index is 11.0. The minimum absolute atomic E-state index is 0.253. The Kier molecular flexibility index (Phi) is 6.34. The van der Waals surface area contributed by atoms with Crippen molar-refractivity contribution >= 4 is 17.3 Å². The van der Waals surface area contributed by atoms with Crippen molar-refractivity contribution in [1.82, 2.24) is 9.97 Å². The van der Waals surface area contributed by atoms with Crippen LogP contribution in [0.15, 0.2) is 30.3 Å². The highest BCUT2D eigenvalue weighted by molar-refractivity contribution is 5.75. The molecule has 2 heterocycles. The molecule has 0 bridgehead atoms. The zero-order valence-corrected chi connectivity index (χ0v) is 15.6. The second-order valence-corrected chi connectivity index (χ2v) is 7.02. The number of hydrogen-bond acceptors (Lipinski definition) is 5. The van der Waals surface area contributed by atoms with E-state index < -0.39 is 0 Å². The largest absolute Gasteiger partial charge is 0.381 e. The van der Waals surface area contributed by atoms with Gasteiger partial charge < -0.3 is 14.8 Å². The number of carbonyl (C=O) groups is 1. The van der Waals surface area contributed by atoms with Gasteiger partial charge in [-0.2, -0.15) is 0 Å². The Morgan fingerprint density at radius 3 is 2.62 bits per heavy atom. The Hall–Kier alpha value is -2.27. The Morgan fingerprint density at radius 1 is 1.19 bits per heavy atom. The van der Waals surface area contributed by atoms with Gasteiger partial charge in [0.05, 0.1) is 0 Å². The summed E-state index contributed by atoms with van der Waals surface area (Å²) in [5, 5.41) is 3.39. The number of aryl methyl sites for hydroxylation is 2. The summed E-state index contributed by atoms with van der Waals surface area (Å²) in [5.41, 5.74) is 3.24. The van der Waals surface area contributed by atoms with E-state index in [9.17, 15) is 4.79 Å². The number of ether oxygens (including phenoxy) is 1. The average molecular weight is 353 g/mol. The molecule has 0 radical (unpaired) electrons. The van der Waals surface area contributed by atoms with Gasteiger partial charge in [0.15, 0.2) is 0 Å². The minimum atomic E-state index is 0.253. The van der Waals surface area contributed by atoms with Crippen molar-refractivity contribution in [3.05, 3.63) is 47.4 Å². The van der Waals surface area contributed by atoms with Crippen molar-refractivity contribution in [2.45, 2.75) is 51.9 Å². The van der Waals surface area contributed by atoms with Crippen molar-refractivity contribution < 1.29 is 9.53 Å². The smallest absolute Gasteiger partial charge is 0.134 e. The third-order valence-electron chi connectivity index (χ3n) is 4.68. The summed E-state index contributed by atoms with van der Waals surface area (Å²) in [6.07, 6.45) is 4.45. The lowest BCUT2D eigenvalue weighted by molar-refractivity contribution is -0.117. The van der Waals surface area contributed by atoms with E-state index in [1.54, 1.807) is 6.92 Å². The van der Waals surface area contributed by atoms with Gasteiger partial charge in [-0.15, -0.1) is 0 Å². The van der Waals surface area contributed by atoms with Crippen LogP contribution in [0.25, 0.3) is 0 Å². The highest BCUT2D eigenvalue weighted by atomic mass is 16.5. The SMILES string of the molecule is CC(=O)CCCc1ccc(Nc2cc(C)nc(C3CCOCC3)n2)cc1. The number of ketones is 1. The number of aromatic nitrogens is 2. The molecular formula is C21H27N3O2. The molecule has 0 aliphatic carbocycles. The first-order chi connectivity index (χ1) is 12.6. The van der Waals surface area contributed by atoms with Crippen LogP contribution in [0.5, 0.6) is 0 Å². The van der Waals surface area contributed by atoms with Crippen LogP contribution < -0.4 is 5.32 Å². The van der Waals surface area contributed by atoms with Crippen LogP contribution in [0.3, 0.4) is 0 Å². The Morgan fingerprint density at radius 2 is 1.92 bits per heavy atom. The summed E-state index contributed by atoms with van der Waals surface area (Å²) in [6.45, 7) is 5.23. The van der Waals surface area contributed by atoms with Crippen molar-refractivity contribution in [2.24, 2.45) is 0 Å². The number of nitrogens with zero attached hydrogens (tertiary/aromatic N) is 2. The molecule has 1 aromatic carbocycles. The fraction of sp³-hybridized carbons (Fsp3) is 0.476. The molecule has 1 aliphatic heterocycles. The zero-order valence-electron chi connectivity index (χ0n) is 15.6. The molecular weight excluding hydrogens is 326 g/mol. The van der Waals surface area contributed by atoms with Gasteiger partial charge in [-0.3, -0.25) is 0 Å². The van der Waals surface area contributed by atoms with Crippen LogP contribution in [0.4, 0.5) is 11.5 Å². The summed E-state index contributed by atoms with van der Waals surface area (Å²) in [5.74, 6) is 2.38. The van der Waals surface area contributed by atoms with E-state index in [1.807, 2.05) is 13.0 Å². The second kappa shape index (κ2) is 8.90. The van der Waals surface area contributed by atoms with Gasteiger partial charge in [0.1, 0.15) is 17.4 Å². The van der Waals surface area contributed by atoms with E-state index in [4.69, 9.17) is 9.72 Å². The van der Waals surface area contributed by atoms with Crippen LogP contribution in [0, 0.1) is 6.92 Å². The number of hydrogen-bond donors (Lipinski definition) is 1. The fourth-order valence-electron chi connectivity index (χ4n) is 3.24. The van der Waals surface area contributed by atoms with Crippen molar-refractivity contribution in [3.8, 4) is 0 Å². The summed E-state index contributed by atoms with van der Waals surface area (Å²) >= 11 is 0. The number of nitrogens with one attached hydrogen (secondary N) is 1. The Bertz CT molecular complexity index is 737. The topological polar surface area (TPSA) is 64.1 Å². The molecule has 1 N–H and O–H groups in total. The first-order valence-corrected chi connectivity index (χ1v) is 9.39. The number of benzene rings is 1. The highest BCUT2D eigenvalue weighted by Gasteiger charge is 2.19. The van der Waals surface area contributed by atoms with Gasteiger partial charge in [-0.05, 0) is 57.2 Å². The first-order valence-electron chi connectivity index (χ1n) is 9.39. The van der Waals surface area contributed by atoms with E-state index in [0.29, 0.717) is 12.3 Å². The van der Waals surface area contributed by atoms with Crippen LogP contribution in [0.2, 0.25) is 0 Å². The normalized spacial score (nSPS) is 15.0. The number of carbonyl (C=O) groups excluding carboxylic acids is 1. The van der Waals surface area contributed by atoms with Crippen molar-refractivity contribution in [1.29, 1.82) is 0 Å². The molecule has 1 aromatic heterocycles. The van der Waals surface area contributed by atoms with E-state index >= 15 is 0 Å². The van der Waals surface area contributed by atoms with E-state index in [2.05, 4.69) is 34.6 Å². The minimum Gasteiger partial charge on any atom is -0.381 e. The van der Waals surface area contributed by atoms with Gasteiger partial charge in [-0.25, -0.2) is 9.97 Å². The molecule has 0 atom stereocenters. The summed E-state index contributed by atoms with van der Waals surface area (Å²) in [7, 11) is 0. The highest BCUT2D eigenvalue weighted by Crippen LogP contribution is 2.26. The third kappa shape index (κ3) is 5.36. The second-order valence-electron chi connectivity index (χ2n) is 7.02. The molecule has 26 heavy (non-hydrogen) atoms. The monoisotopic (exact) mass is 353 g/mol. The summed E-state index contributed by atoms with van der Waals surface area (Å²) in [4.78, 5) is 20.4. The molecule has 1 fully saturated rings. The lowest BCUT2D eigenvalue weighted by Crippen LogP contribution is -2.17. The maximum atomic E-state index is 11.0. The fourth-order valence-corrected chi connectivity index (χ4v) is 3.24. The van der Waals surface area contributed by atoms with Crippen LogP contribution in [-0.2, 0) is 16.0 Å². The van der Waals surface area contributed by atoms with Gasteiger partial charge in [0.2, 0.25) is 0 Å². The number of rotatable bonds is 7. The van der Waals surface area contributed by atoms with Crippen LogP contribution in [-0.4, -0.2) is 29.0 Å². The quantitative estimate of drug-likeness (QED) is 0.802. The summed E-state index contributed by atoms with van der Waals surface area (Å²) in [6, 6.07) is 10.3. The van der Waals surface area contributed by atoms with E-state index in [-0.39, 0.29) is 5.78 Å². The maximum Gasteiger partial charge on any atom is 0.134 e. The lowest BCUT2D eigenvalue weighted by Gasteiger charge is -2.21. The lowest BCUT2D eigenvalue weighted by atomic mass is 9.99. The van der Waals surface area contributed by atoms with E-state index in [0.717, 1.165) is 61.9 Å². The van der Waals surface area contributed by atoms with E-state index in [1.165, 1.54) is 5.56 Å². The number of Topliss-reactive ketones (excluding diaryl/α,β-unsaturated/α-hetero) is 1. The Balaban J connectivity index is 1.64. The molecule has 1 saturated heterocycles. The molecule has 5 nitrogen and oxygen atoms in total. The predicted octanol–water partition coefficient (Wildman–Crippen LogP) is 4.33. The molecule has 138 valence electrons. The van der Waals surface area contributed by atoms with Crippen molar-refractivity contribution in [2.75, 3.05) is 18.5 Å². The predicted molar refractivity (Wildman–Crippen MR) is 103 cm³/mol. The van der Waals surface area contributed by atoms with Crippen molar-refractivity contribution in [3.63, 3.8) is 0 Å². The van der Waals surface area contributed by atoms with Gasteiger partial charge in [-0.1, -0.05) is 12.1 Å². The van der Waals surface area contributed by atoms with Gasteiger partial charge in [0.25, 0.3) is 0 Å². The van der Waals surface area contributed by atoms with Gasteiger partial charge in [0, 0.05) is 43.0 Å². The Labute approximate surface area is 155 Å². The zero-order chi connectivity index (χ0) is 18.4. The molecule has 0 spiro atoms. The molecule has 0 amide bonds. The number of anilines is 2. The molecule has 1 aliphatic rings. The summed E-state index contributed by atoms with van der Waals surface area (Å²) < 4.78 is 5.44. The average Bonchev–Trinajstić information content (AvgIpc) is 2.63. The van der Waals surface area contributed by atoms with Crippen LogP contribution in [0.1, 0.15) is 55.6 Å². The first kappa shape index (κ1) is 18.5.